The van der Waals surface area contributed by atoms with E-state index in [0.717, 1.165) is 6.07 Å². The lowest BCUT2D eigenvalue weighted by Crippen LogP contribution is -2.01. The Balaban J connectivity index is 3.30. The third-order valence-corrected chi connectivity index (χ3v) is 1.94. The first kappa shape index (κ1) is 9.96. The Labute approximate surface area is 76.8 Å². The molecule has 1 N–H and O–H groups in total. The Morgan fingerprint density at radius 2 is 1.85 bits per heavy atom. The molecule has 0 fully saturated rings. The van der Waals surface area contributed by atoms with Crippen molar-refractivity contribution in [1.82, 2.24) is 0 Å². The summed E-state index contributed by atoms with van der Waals surface area (Å²) in [5.41, 5.74) is 1.05. The zero-order valence-corrected chi connectivity index (χ0v) is 7.99. The van der Waals surface area contributed by atoms with E-state index in [0.29, 0.717) is 11.3 Å². The molecule has 1 aromatic carbocycles. The highest BCUT2D eigenvalue weighted by atomic mass is 19.1. The number of benzene rings is 1. The Morgan fingerprint density at radius 1 is 1.23 bits per heavy atom. The fourth-order valence-electron chi connectivity index (χ4n) is 1.38. The van der Waals surface area contributed by atoms with E-state index in [-0.39, 0.29) is 5.92 Å². The van der Waals surface area contributed by atoms with Crippen LogP contribution >= 0.6 is 0 Å². The third kappa shape index (κ3) is 1.97. The number of hydrogen-bond donors (Lipinski definition) is 1. The van der Waals surface area contributed by atoms with Crippen molar-refractivity contribution < 1.29 is 8.78 Å². The summed E-state index contributed by atoms with van der Waals surface area (Å²) in [7, 11) is 1.65. The van der Waals surface area contributed by atoms with Crippen molar-refractivity contribution in [3.05, 3.63) is 29.3 Å². The van der Waals surface area contributed by atoms with Crippen molar-refractivity contribution in [1.29, 1.82) is 0 Å². The largest absolute Gasteiger partial charge is 0.388 e. The van der Waals surface area contributed by atoms with E-state index in [1.807, 2.05) is 13.8 Å². The monoisotopic (exact) mass is 185 g/mol. The van der Waals surface area contributed by atoms with Gasteiger partial charge < -0.3 is 5.32 Å². The van der Waals surface area contributed by atoms with Gasteiger partial charge in [0.2, 0.25) is 0 Å². The molecular weight excluding hydrogens is 172 g/mol. The Morgan fingerprint density at radius 3 is 2.31 bits per heavy atom. The van der Waals surface area contributed by atoms with E-state index < -0.39 is 11.6 Å². The van der Waals surface area contributed by atoms with E-state index >= 15 is 0 Å². The molecule has 1 aromatic rings. The minimum absolute atomic E-state index is 0.0445. The summed E-state index contributed by atoms with van der Waals surface area (Å²) in [6.07, 6.45) is 0. The lowest BCUT2D eigenvalue weighted by atomic mass is 10.0. The molecule has 0 saturated carbocycles. The second kappa shape index (κ2) is 3.73. The SMILES string of the molecule is CNc1cc(F)cc(F)c1C(C)C. The highest BCUT2D eigenvalue weighted by Crippen LogP contribution is 2.27. The van der Waals surface area contributed by atoms with Crippen LogP contribution in [0, 0.1) is 11.6 Å². The van der Waals surface area contributed by atoms with Gasteiger partial charge in [-0.25, -0.2) is 8.78 Å². The summed E-state index contributed by atoms with van der Waals surface area (Å²) in [5.74, 6) is -0.992. The summed E-state index contributed by atoms with van der Waals surface area (Å²) in [5, 5.41) is 2.78. The van der Waals surface area contributed by atoms with Gasteiger partial charge in [0.05, 0.1) is 0 Å². The molecule has 0 bridgehead atoms. The highest BCUT2D eigenvalue weighted by Gasteiger charge is 2.13. The van der Waals surface area contributed by atoms with E-state index in [1.54, 1.807) is 7.05 Å². The van der Waals surface area contributed by atoms with E-state index in [4.69, 9.17) is 0 Å². The molecule has 1 nitrogen and oxygen atoms in total. The van der Waals surface area contributed by atoms with Gasteiger partial charge in [-0.3, -0.25) is 0 Å². The molecule has 72 valence electrons. The molecule has 0 unspecified atom stereocenters. The van der Waals surface area contributed by atoms with Gasteiger partial charge in [0.25, 0.3) is 0 Å². The van der Waals surface area contributed by atoms with Crippen molar-refractivity contribution in [3.63, 3.8) is 0 Å². The van der Waals surface area contributed by atoms with Crippen LogP contribution in [0.4, 0.5) is 14.5 Å². The van der Waals surface area contributed by atoms with Crippen molar-refractivity contribution in [2.24, 2.45) is 0 Å². The first-order chi connectivity index (χ1) is 6.06. The molecule has 0 saturated heterocycles. The molecule has 13 heavy (non-hydrogen) atoms. The summed E-state index contributed by atoms with van der Waals surface area (Å²) >= 11 is 0. The van der Waals surface area contributed by atoms with Gasteiger partial charge in [-0.2, -0.15) is 0 Å². The molecule has 0 aliphatic carbocycles. The summed E-state index contributed by atoms with van der Waals surface area (Å²) in [6.45, 7) is 3.74. The maximum atomic E-state index is 13.3. The molecule has 0 atom stereocenters. The van der Waals surface area contributed by atoms with Crippen LogP contribution < -0.4 is 5.32 Å². The van der Waals surface area contributed by atoms with Crippen molar-refractivity contribution >= 4 is 5.69 Å². The van der Waals surface area contributed by atoms with Crippen molar-refractivity contribution in [2.75, 3.05) is 12.4 Å². The highest BCUT2D eigenvalue weighted by molar-refractivity contribution is 5.53. The molecule has 0 amide bonds. The number of nitrogens with one attached hydrogen (secondary N) is 1. The average Bonchev–Trinajstić information content (AvgIpc) is 2.01. The second-order valence-electron chi connectivity index (χ2n) is 3.25. The Hall–Kier alpha value is -1.12. The van der Waals surface area contributed by atoms with Crippen molar-refractivity contribution in [2.45, 2.75) is 19.8 Å². The van der Waals surface area contributed by atoms with Crippen LogP contribution in [0.15, 0.2) is 12.1 Å². The van der Waals surface area contributed by atoms with Gasteiger partial charge in [-0.15, -0.1) is 0 Å². The molecule has 0 radical (unpaired) electrons. The van der Waals surface area contributed by atoms with Crippen molar-refractivity contribution in [3.8, 4) is 0 Å². The topological polar surface area (TPSA) is 12.0 Å². The lowest BCUT2D eigenvalue weighted by molar-refractivity contribution is 0.566. The van der Waals surface area contributed by atoms with Crippen LogP contribution in [0.1, 0.15) is 25.3 Å². The number of anilines is 1. The minimum atomic E-state index is -0.550. The first-order valence-electron chi connectivity index (χ1n) is 4.23. The Bertz CT molecular complexity index is 308. The molecule has 1 rings (SSSR count). The van der Waals surface area contributed by atoms with Crippen LogP contribution in [0.2, 0.25) is 0 Å². The smallest absolute Gasteiger partial charge is 0.131 e. The predicted molar refractivity (Wildman–Crippen MR) is 50.0 cm³/mol. The van der Waals surface area contributed by atoms with E-state index in [2.05, 4.69) is 5.32 Å². The van der Waals surface area contributed by atoms with E-state index in [1.165, 1.54) is 6.07 Å². The van der Waals surface area contributed by atoms with E-state index in [9.17, 15) is 8.78 Å². The molecule has 3 heteroatoms. The molecular formula is C10H13F2N. The van der Waals surface area contributed by atoms with Crippen LogP contribution in [0.25, 0.3) is 0 Å². The molecule has 0 heterocycles. The fourth-order valence-corrected chi connectivity index (χ4v) is 1.38. The third-order valence-electron chi connectivity index (χ3n) is 1.94. The number of hydrogen-bond acceptors (Lipinski definition) is 1. The van der Waals surface area contributed by atoms with Gasteiger partial charge >= 0.3 is 0 Å². The van der Waals surface area contributed by atoms with Gasteiger partial charge in [0.15, 0.2) is 0 Å². The maximum Gasteiger partial charge on any atom is 0.131 e. The normalized spacial score (nSPS) is 10.6. The zero-order valence-electron chi connectivity index (χ0n) is 7.99. The Kier molecular flexibility index (Phi) is 2.86. The van der Waals surface area contributed by atoms with Crippen LogP contribution in [-0.2, 0) is 0 Å². The van der Waals surface area contributed by atoms with Crippen LogP contribution in [-0.4, -0.2) is 7.05 Å². The molecule has 0 spiro atoms. The first-order valence-corrected chi connectivity index (χ1v) is 4.23. The molecule has 0 aromatic heterocycles. The van der Waals surface area contributed by atoms with Crippen LogP contribution in [0.5, 0.6) is 0 Å². The van der Waals surface area contributed by atoms with Gasteiger partial charge in [0.1, 0.15) is 11.6 Å². The van der Waals surface area contributed by atoms with Gasteiger partial charge in [0, 0.05) is 24.4 Å². The number of halogens is 2. The second-order valence-corrected chi connectivity index (χ2v) is 3.25. The number of rotatable bonds is 2. The summed E-state index contributed by atoms with van der Waals surface area (Å²) < 4.78 is 26.0. The predicted octanol–water partition coefficient (Wildman–Crippen LogP) is 3.13. The molecule has 0 aliphatic heterocycles. The lowest BCUT2D eigenvalue weighted by Gasteiger charge is -2.13. The fraction of sp³-hybridized carbons (Fsp3) is 0.400. The van der Waals surface area contributed by atoms with Gasteiger partial charge in [-0.05, 0) is 12.0 Å². The molecule has 0 aliphatic rings. The van der Waals surface area contributed by atoms with Crippen LogP contribution in [0.3, 0.4) is 0 Å². The standard InChI is InChI=1S/C10H13F2N/c1-6(2)10-8(12)4-7(11)5-9(10)13-3/h4-6,13H,1-3H3. The quantitative estimate of drug-likeness (QED) is 0.746. The summed E-state index contributed by atoms with van der Waals surface area (Å²) in [6, 6.07) is 2.22. The zero-order chi connectivity index (χ0) is 10.0. The summed E-state index contributed by atoms with van der Waals surface area (Å²) in [4.78, 5) is 0. The minimum Gasteiger partial charge on any atom is -0.388 e. The average molecular weight is 185 g/mol. The maximum absolute atomic E-state index is 13.3. The van der Waals surface area contributed by atoms with Gasteiger partial charge in [-0.1, -0.05) is 13.8 Å².